The van der Waals surface area contributed by atoms with Crippen LogP contribution in [0.4, 0.5) is 5.69 Å². The van der Waals surface area contributed by atoms with E-state index in [0.29, 0.717) is 11.3 Å². The molecule has 98 valence electrons. The molecule has 3 heteroatoms. The van der Waals surface area contributed by atoms with Crippen LogP contribution < -0.4 is 5.32 Å². The minimum absolute atomic E-state index is 0.174. The number of carbonyl (C=O) groups is 2. The molecule has 0 aliphatic carbocycles. The van der Waals surface area contributed by atoms with Crippen molar-refractivity contribution in [2.75, 3.05) is 5.32 Å². The van der Waals surface area contributed by atoms with Gasteiger partial charge in [-0.25, -0.2) is 0 Å². The maximum Gasteiger partial charge on any atom is 0.259 e. The van der Waals surface area contributed by atoms with E-state index < -0.39 is 0 Å². The van der Waals surface area contributed by atoms with E-state index in [1.54, 1.807) is 30.3 Å². The molecule has 2 aromatic carbocycles. The number of rotatable bonds is 1. The number of hydrogen-bond acceptors (Lipinski definition) is 2. The van der Waals surface area contributed by atoms with E-state index in [1.807, 2.05) is 31.2 Å². The van der Waals surface area contributed by atoms with Crippen LogP contribution in [0.1, 0.15) is 21.5 Å². The standard InChI is InChI=1S/C17H13NO2/c1-11-6-8-12(9-7-11)10-14-16(19)13-4-2-3-5-15(13)18-17(14)20/h2-10H,1H3,(H,18,20)/b14-10+. The van der Waals surface area contributed by atoms with Gasteiger partial charge in [0.05, 0.1) is 11.3 Å². The number of benzene rings is 2. The Kier molecular flexibility index (Phi) is 2.95. The van der Waals surface area contributed by atoms with Crippen LogP contribution in [-0.4, -0.2) is 11.7 Å². The zero-order chi connectivity index (χ0) is 14.1. The molecular formula is C17H13NO2. The smallest absolute Gasteiger partial charge is 0.259 e. The van der Waals surface area contributed by atoms with Crippen LogP contribution in [0.5, 0.6) is 0 Å². The van der Waals surface area contributed by atoms with Gasteiger partial charge in [-0.2, -0.15) is 0 Å². The number of nitrogens with one attached hydrogen (secondary N) is 1. The fraction of sp³-hybridized carbons (Fsp3) is 0.0588. The van der Waals surface area contributed by atoms with Gasteiger partial charge in [0.2, 0.25) is 5.78 Å². The first-order valence-electron chi connectivity index (χ1n) is 6.38. The molecular weight excluding hydrogens is 250 g/mol. The molecule has 0 fully saturated rings. The number of fused-ring (bicyclic) bond motifs is 1. The minimum atomic E-state index is -0.353. The molecule has 1 amide bonds. The summed E-state index contributed by atoms with van der Waals surface area (Å²) < 4.78 is 0. The van der Waals surface area contributed by atoms with Crippen LogP contribution in [0.3, 0.4) is 0 Å². The maximum atomic E-state index is 12.4. The fourth-order valence-corrected chi connectivity index (χ4v) is 2.19. The summed E-state index contributed by atoms with van der Waals surface area (Å²) in [7, 11) is 0. The van der Waals surface area contributed by atoms with Gasteiger partial charge in [-0.15, -0.1) is 0 Å². The molecule has 1 heterocycles. The van der Waals surface area contributed by atoms with Gasteiger partial charge >= 0.3 is 0 Å². The zero-order valence-electron chi connectivity index (χ0n) is 11.0. The fourth-order valence-electron chi connectivity index (χ4n) is 2.19. The third kappa shape index (κ3) is 2.14. The number of ketones is 1. The number of Topliss-reactive ketones (excluding diaryl/α,β-unsaturated/α-hetero) is 1. The molecule has 20 heavy (non-hydrogen) atoms. The quantitative estimate of drug-likeness (QED) is 0.634. The van der Waals surface area contributed by atoms with Crippen molar-refractivity contribution < 1.29 is 9.59 Å². The highest BCUT2D eigenvalue weighted by Crippen LogP contribution is 2.26. The second-order valence-electron chi connectivity index (χ2n) is 4.80. The van der Waals surface area contributed by atoms with E-state index in [4.69, 9.17) is 0 Å². The Morgan fingerprint density at radius 2 is 1.65 bits per heavy atom. The molecule has 1 aliphatic heterocycles. The van der Waals surface area contributed by atoms with Crippen molar-refractivity contribution >= 4 is 23.5 Å². The van der Waals surface area contributed by atoms with Crippen LogP contribution in [0, 0.1) is 6.92 Å². The number of amides is 1. The minimum Gasteiger partial charge on any atom is -0.321 e. The maximum absolute atomic E-state index is 12.4. The molecule has 0 radical (unpaired) electrons. The molecule has 3 rings (SSSR count). The summed E-state index contributed by atoms with van der Waals surface area (Å²) >= 11 is 0. The molecule has 2 aromatic rings. The zero-order valence-corrected chi connectivity index (χ0v) is 11.0. The Morgan fingerprint density at radius 1 is 0.950 bits per heavy atom. The highest BCUT2D eigenvalue weighted by atomic mass is 16.2. The van der Waals surface area contributed by atoms with Crippen molar-refractivity contribution in [3.8, 4) is 0 Å². The van der Waals surface area contributed by atoms with Crippen molar-refractivity contribution in [2.24, 2.45) is 0 Å². The van der Waals surface area contributed by atoms with Crippen molar-refractivity contribution in [1.29, 1.82) is 0 Å². The van der Waals surface area contributed by atoms with Crippen LogP contribution >= 0.6 is 0 Å². The van der Waals surface area contributed by atoms with E-state index in [9.17, 15) is 9.59 Å². The number of para-hydroxylation sites is 1. The van der Waals surface area contributed by atoms with Crippen molar-refractivity contribution in [3.05, 3.63) is 70.8 Å². The summed E-state index contributed by atoms with van der Waals surface area (Å²) in [6.07, 6.45) is 1.63. The summed E-state index contributed by atoms with van der Waals surface area (Å²) in [6.45, 7) is 1.99. The highest BCUT2D eigenvalue weighted by molar-refractivity contribution is 6.36. The van der Waals surface area contributed by atoms with E-state index in [2.05, 4.69) is 5.32 Å². The van der Waals surface area contributed by atoms with Gasteiger partial charge in [0.1, 0.15) is 0 Å². The van der Waals surface area contributed by atoms with Gasteiger partial charge in [-0.1, -0.05) is 42.0 Å². The van der Waals surface area contributed by atoms with Gasteiger partial charge < -0.3 is 5.32 Å². The lowest BCUT2D eigenvalue weighted by atomic mass is 9.95. The molecule has 0 saturated carbocycles. The van der Waals surface area contributed by atoms with E-state index in [1.165, 1.54) is 0 Å². The molecule has 1 aliphatic rings. The molecule has 3 nitrogen and oxygen atoms in total. The molecule has 0 spiro atoms. The average Bonchev–Trinajstić information content (AvgIpc) is 2.45. The first-order chi connectivity index (χ1) is 9.65. The average molecular weight is 263 g/mol. The summed E-state index contributed by atoms with van der Waals surface area (Å²) in [5.41, 5.74) is 3.26. The Labute approximate surface area is 116 Å². The van der Waals surface area contributed by atoms with Gasteiger partial charge in [0, 0.05) is 5.56 Å². The molecule has 0 saturated heterocycles. The third-order valence-electron chi connectivity index (χ3n) is 3.30. The van der Waals surface area contributed by atoms with Gasteiger partial charge in [-0.3, -0.25) is 9.59 Å². The predicted molar refractivity (Wildman–Crippen MR) is 78.6 cm³/mol. The lowest BCUT2D eigenvalue weighted by Crippen LogP contribution is -2.27. The SMILES string of the molecule is Cc1ccc(/C=C2/C(=O)Nc3ccccc3C2=O)cc1. The molecule has 1 N–H and O–H groups in total. The van der Waals surface area contributed by atoms with Crippen LogP contribution in [0.25, 0.3) is 6.08 Å². The second-order valence-corrected chi connectivity index (χ2v) is 4.80. The Morgan fingerprint density at radius 3 is 2.40 bits per heavy atom. The lowest BCUT2D eigenvalue weighted by molar-refractivity contribution is -0.112. The number of aryl methyl sites for hydroxylation is 1. The van der Waals surface area contributed by atoms with E-state index >= 15 is 0 Å². The van der Waals surface area contributed by atoms with Gasteiger partial charge in [0.25, 0.3) is 5.91 Å². The first kappa shape index (κ1) is 12.4. The van der Waals surface area contributed by atoms with Crippen LogP contribution in [0.15, 0.2) is 54.1 Å². The number of carbonyl (C=O) groups excluding carboxylic acids is 2. The normalized spacial score (nSPS) is 15.9. The summed E-state index contributed by atoms with van der Waals surface area (Å²) in [5, 5.41) is 2.74. The number of hydrogen-bond donors (Lipinski definition) is 1. The van der Waals surface area contributed by atoms with Gasteiger partial charge in [-0.05, 0) is 30.7 Å². The monoisotopic (exact) mass is 263 g/mol. The van der Waals surface area contributed by atoms with Gasteiger partial charge in [0.15, 0.2) is 0 Å². The topological polar surface area (TPSA) is 46.2 Å². The molecule has 0 aromatic heterocycles. The largest absolute Gasteiger partial charge is 0.321 e. The highest BCUT2D eigenvalue weighted by Gasteiger charge is 2.27. The van der Waals surface area contributed by atoms with Crippen LogP contribution in [0.2, 0.25) is 0 Å². The first-order valence-corrected chi connectivity index (χ1v) is 6.38. The van der Waals surface area contributed by atoms with Crippen molar-refractivity contribution in [3.63, 3.8) is 0 Å². The molecule has 0 unspecified atom stereocenters. The number of anilines is 1. The Hall–Kier alpha value is -2.68. The summed E-state index contributed by atoms with van der Waals surface area (Å²) in [4.78, 5) is 24.4. The summed E-state index contributed by atoms with van der Waals surface area (Å²) in [5.74, 6) is -0.584. The van der Waals surface area contributed by atoms with Crippen LogP contribution in [-0.2, 0) is 4.79 Å². The van der Waals surface area contributed by atoms with Crippen molar-refractivity contribution in [1.82, 2.24) is 0 Å². The molecule has 0 atom stereocenters. The summed E-state index contributed by atoms with van der Waals surface area (Å²) in [6, 6.07) is 14.7. The van der Waals surface area contributed by atoms with E-state index in [-0.39, 0.29) is 17.3 Å². The van der Waals surface area contributed by atoms with Crippen molar-refractivity contribution in [2.45, 2.75) is 6.92 Å². The Balaban J connectivity index is 2.04. The third-order valence-corrected chi connectivity index (χ3v) is 3.30. The Bertz CT molecular complexity index is 727. The second kappa shape index (κ2) is 4.78. The van der Waals surface area contributed by atoms with E-state index in [0.717, 1.165) is 11.1 Å². The lowest BCUT2D eigenvalue weighted by Gasteiger charge is -2.17. The molecule has 0 bridgehead atoms. The predicted octanol–water partition coefficient (Wildman–Crippen LogP) is 3.21.